The van der Waals surface area contributed by atoms with Gasteiger partial charge in [0, 0.05) is 12.0 Å². The number of amides is 1. The van der Waals surface area contributed by atoms with Crippen molar-refractivity contribution in [3.63, 3.8) is 0 Å². The van der Waals surface area contributed by atoms with E-state index in [0.29, 0.717) is 5.75 Å². The van der Waals surface area contributed by atoms with Crippen LogP contribution in [0.2, 0.25) is 0 Å². The lowest BCUT2D eigenvalue weighted by atomic mass is 10.0. The zero-order valence-corrected chi connectivity index (χ0v) is 13.0. The van der Waals surface area contributed by atoms with Crippen LogP contribution in [0, 0.1) is 0 Å². The second-order valence-corrected chi connectivity index (χ2v) is 5.63. The number of hydrogen-bond acceptors (Lipinski definition) is 5. The van der Waals surface area contributed by atoms with E-state index in [0.717, 1.165) is 4.90 Å². The van der Waals surface area contributed by atoms with E-state index in [1.165, 1.54) is 25.8 Å². The van der Waals surface area contributed by atoms with Crippen LogP contribution < -0.4 is 10.1 Å². The summed E-state index contributed by atoms with van der Waals surface area (Å²) >= 11 is 1.30. The zero-order valence-electron chi connectivity index (χ0n) is 12.2. The van der Waals surface area contributed by atoms with Crippen molar-refractivity contribution in [2.75, 3.05) is 26.6 Å². The van der Waals surface area contributed by atoms with E-state index >= 15 is 0 Å². The van der Waals surface area contributed by atoms with Crippen LogP contribution in [0.1, 0.15) is 6.92 Å². The zero-order chi connectivity index (χ0) is 15.9. The molecule has 6 nitrogen and oxygen atoms in total. The minimum absolute atomic E-state index is 0.0993. The van der Waals surface area contributed by atoms with E-state index in [1.54, 1.807) is 7.11 Å². The molecular formula is C14H19NO5S. The molecule has 7 heteroatoms. The highest BCUT2D eigenvalue weighted by Crippen LogP contribution is 2.22. The highest BCUT2D eigenvalue weighted by Gasteiger charge is 2.34. The van der Waals surface area contributed by atoms with Gasteiger partial charge < -0.3 is 19.9 Å². The number of nitrogens with one attached hydrogen (secondary N) is 1. The molecular weight excluding hydrogens is 294 g/mol. The molecule has 1 rings (SSSR count). The molecule has 1 unspecified atom stereocenters. The van der Waals surface area contributed by atoms with E-state index in [2.05, 4.69) is 5.32 Å². The summed E-state index contributed by atoms with van der Waals surface area (Å²) in [5.41, 5.74) is -1.43. The molecule has 1 atom stereocenters. The average Bonchev–Trinajstić information content (AvgIpc) is 2.45. The second-order valence-electron chi connectivity index (χ2n) is 4.59. The lowest BCUT2D eigenvalue weighted by Crippen LogP contribution is -2.55. The molecule has 21 heavy (non-hydrogen) atoms. The number of thioether (sulfide) groups is 1. The molecule has 0 radical (unpaired) electrons. The molecule has 0 aliphatic carbocycles. The van der Waals surface area contributed by atoms with Gasteiger partial charge in [0.05, 0.1) is 19.5 Å². The third kappa shape index (κ3) is 5.28. The van der Waals surface area contributed by atoms with Crippen LogP contribution in [0.4, 0.5) is 0 Å². The molecule has 0 aromatic heterocycles. The van der Waals surface area contributed by atoms with Gasteiger partial charge in [-0.15, -0.1) is 11.8 Å². The van der Waals surface area contributed by atoms with Crippen LogP contribution in [0.15, 0.2) is 29.2 Å². The Balaban J connectivity index is 2.58. The van der Waals surface area contributed by atoms with Gasteiger partial charge in [-0.1, -0.05) is 6.07 Å². The maximum atomic E-state index is 11.9. The summed E-state index contributed by atoms with van der Waals surface area (Å²) in [6.45, 7) is 1.31. The van der Waals surface area contributed by atoms with Gasteiger partial charge in [0.15, 0.2) is 5.54 Å². The van der Waals surface area contributed by atoms with Crippen LogP contribution in [0.5, 0.6) is 5.75 Å². The number of methoxy groups -OCH3 is 2. The van der Waals surface area contributed by atoms with Gasteiger partial charge in [0.2, 0.25) is 5.91 Å². The van der Waals surface area contributed by atoms with Gasteiger partial charge in [-0.05, 0) is 25.1 Å². The molecule has 0 saturated carbocycles. The summed E-state index contributed by atoms with van der Waals surface area (Å²) in [5.74, 6) is -0.691. The summed E-state index contributed by atoms with van der Waals surface area (Å²) in [7, 11) is 2.96. The van der Waals surface area contributed by atoms with E-state index < -0.39 is 11.5 Å². The molecule has 0 heterocycles. The molecule has 1 aromatic rings. The van der Waals surface area contributed by atoms with Crippen LogP contribution in [-0.4, -0.2) is 49.1 Å². The first-order valence-electron chi connectivity index (χ1n) is 6.21. The monoisotopic (exact) mass is 313 g/mol. The first-order valence-corrected chi connectivity index (χ1v) is 7.20. The molecule has 1 aromatic carbocycles. The Morgan fingerprint density at radius 3 is 2.67 bits per heavy atom. The Morgan fingerprint density at radius 1 is 1.38 bits per heavy atom. The quantitative estimate of drug-likeness (QED) is 0.706. The van der Waals surface area contributed by atoms with E-state index in [4.69, 9.17) is 14.6 Å². The number of carboxylic acid groups (broad SMARTS) is 1. The van der Waals surface area contributed by atoms with Crippen molar-refractivity contribution >= 4 is 23.6 Å². The van der Waals surface area contributed by atoms with Crippen molar-refractivity contribution in [3.05, 3.63) is 24.3 Å². The van der Waals surface area contributed by atoms with Gasteiger partial charge in [-0.25, -0.2) is 4.79 Å². The maximum Gasteiger partial charge on any atom is 0.331 e. The number of aliphatic carboxylic acids is 1. The Labute approximate surface area is 127 Å². The number of carbonyl (C=O) groups excluding carboxylic acids is 1. The van der Waals surface area contributed by atoms with Crippen LogP contribution >= 0.6 is 11.8 Å². The van der Waals surface area contributed by atoms with Gasteiger partial charge in [-0.3, -0.25) is 4.79 Å². The summed E-state index contributed by atoms with van der Waals surface area (Å²) in [4.78, 5) is 23.9. The first kappa shape index (κ1) is 17.3. The highest BCUT2D eigenvalue weighted by atomic mass is 32.2. The average molecular weight is 313 g/mol. The Hall–Kier alpha value is -1.73. The molecule has 116 valence electrons. The van der Waals surface area contributed by atoms with E-state index in [-0.39, 0.29) is 18.3 Å². The molecule has 0 aliphatic heterocycles. The van der Waals surface area contributed by atoms with Crippen LogP contribution in [0.3, 0.4) is 0 Å². The van der Waals surface area contributed by atoms with Gasteiger partial charge in [-0.2, -0.15) is 0 Å². The number of hydrogen-bond donors (Lipinski definition) is 2. The summed E-state index contributed by atoms with van der Waals surface area (Å²) < 4.78 is 9.94. The van der Waals surface area contributed by atoms with Gasteiger partial charge >= 0.3 is 5.97 Å². The standard InChI is InChI=1S/C14H19NO5S/c1-14(9-19-2,13(17)18)15-12(16)8-21-11-6-4-5-10(7-11)20-3/h4-7H,8-9H2,1-3H3,(H,15,16)(H,17,18). The SMILES string of the molecule is COCC(C)(NC(=O)CSc1cccc(OC)c1)C(=O)O. The minimum Gasteiger partial charge on any atom is -0.497 e. The van der Waals surface area contributed by atoms with Gasteiger partial charge in [0.1, 0.15) is 5.75 Å². The Bertz CT molecular complexity index is 508. The number of carbonyl (C=O) groups is 2. The molecule has 0 bridgehead atoms. The van der Waals surface area contributed by atoms with Crippen molar-refractivity contribution in [1.29, 1.82) is 0 Å². The predicted octanol–water partition coefficient (Wildman–Crippen LogP) is 1.39. The third-order valence-electron chi connectivity index (χ3n) is 2.73. The molecule has 0 spiro atoms. The summed E-state index contributed by atoms with van der Waals surface area (Å²) in [6.07, 6.45) is 0. The fraction of sp³-hybridized carbons (Fsp3) is 0.429. The van der Waals surface area contributed by atoms with Crippen LogP contribution in [-0.2, 0) is 14.3 Å². The van der Waals surface area contributed by atoms with Crippen molar-refractivity contribution in [1.82, 2.24) is 5.32 Å². The fourth-order valence-electron chi connectivity index (χ4n) is 1.62. The molecule has 1 amide bonds. The van der Waals surface area contributed by atoms with E-state index in [9.17, 15) is 9.59 Å². The number of ether oxygens (including phenoxy) is 2. The lowest BCUT2D eigenvalue weighted by Gasteiger charge is -2.25. The first-order chi connectivity index (χ1) is 9.91. The Kier molecular flexibility index (Phi) is 6.51. The smallest absolute Gasteiger partial charge is 0.331 e. The van der Waals surface area contributed by atoms with Crippen molar-refractivity contribution in [2.24, 2.45) is 0 Å². The molecule has 0 saturated heterocycles. The fourth-order valence-corrected chi connectivity index (χ4v) is 2.37. The second kappa shape index (κ2) is 7.90. The normalized spacial score (nSPS) is 13.3. The third-order valence-corrected chi connectivity index (χ3v) is 3.73. The van der Waals surface area contributed by atoms with Gasteiger partial charge in [0.25, 0.3) is 0 Å². The predicted molar refractivity (Wildman–Crippen MR) is 79.8 cm³/mol. The number of carboxylic acids is 1. The topological polar surface area (TPSA) is 84.9 Å². The maximum absolute atomic E-state index is 11.9. The Morgan fingerprint density at radius 2 is 2.10 bits per heavy atom. The molecule has 2 N–H and O–H groups in total. The van der Waals surface area contributed by atoms with Crippen LogP contribution in [0.25, 0.3) is 0 Å². The van der Waals surface area contributed by atoms with E-state index in [1.807, 2.05) is 24.3 Å². The number of benzene rings is 1. The largest absolute Gasteiger partial charge is 0.497 e. The molecule has 0 fully saturated rings. The van der Waals surface area contributed by atoms with Crippen molar-refractivity contribution in [3.8, 4) is 5.75 Å². The highest BCUT2D eigenvalue weighted by molar-refractivity contribution is 8.00. The van der Waals surface area contributed by atoms with Crippen molar-refractivity contribution < 1.29 is 24.2 Å². The summed E-state index contributed by atoms with van der Waals surface area (Å²) in [5, 5.41) is 11.6. The minimum atomic E-state index is -1.43. The van der Waals surface area contributed by atoms with Crippen molar-refractivity contribution in [2.45, 2.75) is 17.4 Å². The number of rotatable bonds is 8. The summed E-state index contributed by atoms with van der Waals surface area (Å²) in [6, 6.07) is 7.30. The lowest BCUT2D eigenvalue weighted by molar-refractivity contribution is -0.148. The molecule has 0 aliphatic rings.